The standard InChI is InChI=1S/C12H18N2OS/c1-3-10-6-13-12(16-10)8-14-5-4-11(15)9(2)7-14/h6,9H,3-5,7-8H2,1-2H3. The number of piperidine rings is 1. The molecule has 0 radical (unpaired) electrons. The molecule has 0 saturated carbocycles. The number of likely N-dealkylation sites (tertiary alicyclic amines) is 1. The molecule has 0 amide bonds. The third-order valence-electron chi connectivity index (χ3n) is 3.06. The van der Waals surface area contributed by atoms with Crippen molar-refractivity contribution in [1.82, 2.24) is 9.88 Å². The van der Waals surface area contributed by atoms with Gasteiger partial charge in [0.15, 0.2) is 0 Å². The van der Waals surface area contributed by atoms with E-state index in [-0.39, 0.29) is 5.92 Å². The number of carbonyl (C=O) groups excluding carboxylic acids is 1. The van der Waals surface area contributed by atoms with Crippen LogP contribution in [-0.2, 0) is 17.8 Å². The summed E-state index contributed by atoms with van der Waals surface area (Å²) in [5.74, 6) is 0.601. The average Bonchev–Trinajstić information content (AvgIpc) is 2.71. The van der Waals surface area contributed by atoms with Crippen LogP contribution in [0.3, 0.4) is 0 Å². The van der Waals surface area contributed by atoms with Crippen LogP contribution in [0.2, 0.25) is 0 Å². The zero-order valence-electron chi connectivity index (χ0n) is 9.90. The summed E-state index contributed by atoms with van der Waals surface area (Å²) in [6.45, 7) is 6.86. The van der Waals surface area contributed by atoms with Crippen molar-refractivity contribution < 1.29 is 4.79 Å². The van der Waals surface area contributed by atoms with Gasteiger partial charge >= 0.3 is 0 Å². The molecule has 1 aromatic rings. The van der Waals surface area contributed by atoms with Gasteiger partial charge in [-0.1, -0.05) is 13.8 Å². The first-order chi connectivity index (χ1) is 7.69. The highest BCUT2D eigenvalue weighted by atomic mass is 32.1. The van der Waals surface area contributed by atoms with Gasteiger partial charge in [0, 0.05) is 36.5 Å². The molecule has 16 heavy (non-hydrogen) atoms. The largest absolute Gasteiger partial charge is 0.299 e. The van der Waals surface area contributed by atoms with Gasteiger partial charge in [-0.2, -0.15) is 0 Å². The van der Waals surface area contributed by atoms with Gasteiger partial charge in [-0.25, -0.2) is 4.98 Å². The normalized spacial score (nSPS) is 22.6. The van der Waals surface area contributed by atoms with Crippen LogP contribution in [0.4, 0.5) is 0 Å². The quantitative estimate of drug-likeness (QED) is 0.808. The second kappa shape index (κ2) is 5.06. The van der Waals surface area contributed by atoms with Crippen LogP contribution in [0.5, 0.6) is 0 Å². The van der Waals surface area contributed by atoms with Crippen molar-refractivity contribution in [3.63, 3.8) is 0 Å². The van der Waals surface area contributed by atoms with Crippen molar-refractivity contribution >= 4 is 17.1 Å². The lowest BCUT2D eigenvalue weighted by molar-refractivity contribution is -0.125. The molecule has 4 heteroatoms. The van der Waals surface area contributed by atoms with E-state index in [0.29, 0.717) is 12.2 Å². The number of nitrogens with zero attached hydrogens (tertiary/aromatic N) is 2. The predicted octanol–water partition coefficient (Wildman–Crippen LogP) is 2.12. The molecule has 1 aliphatic rings. The number of ketones is 1. The molecule has 2 heterocycles. The van der Waals surface area contributed by atoms with E-state index in [1.54, 1.807) is 11.3 Å². The Labute approximate surface area is 100 Å². The fourth-order valence-electron chi connectivity index (χ4n) is 2.01. The first-order valence-electron chi connectivity index (χ1n) is 5.87. The third kappa shape index (κ3) is 2.68. The number of hydrogen-bond acceptors (Lipinski definition) is 4. The lowest BCUT2D eigenvalue weighted by Crippen LogP contribution is -2.38. The number of carbonyl (C=O) groups is 1. The zero-order chi connectivity index (χ0) is 11.5. The van der Waals surface area contributed by atoms with Gasteiger partial charge in [-0.15, -0.1) is 11.3 Å². The Morgan fingerprint density at radius 1 is 1.62 bits per heavy atom. The van der Waals surface area contributed by atoms with Crippen molar-refractivity contribution in [2.75, 3.05) is 13.1 Å². The van der Waals surface area contributed by atoms with E-state index in [1.807, 2.05) is 13.1 Å². The lowest BCUT2D eigenvalue weighted by Gasteiger charge is -2.28. The third-order valence-corrected chi connectivity index (χ3v) is 4.19. The number of hydrogen-bond donors (Lipinski definition) is 0. The Bertz CT molecular complexity index is 375. The molecule has 1 aliphatic heterocycles. The van der Waals surface area contributed by atoms with E-state index < -0.39 is 0 Å². The molecule has 1 saturated heterocycles. The second-order valence-electron chi connectivity index (χ2n) is 4.43. The zero-order valence-corrected chi connectivity index (χ0v) is 10.7. The van der Waals surface area contributed by atoms with Crippen LogP contribution in [-0.4, -0.2) is 28.8 Å². The summed E-state index contributed by atoms with van der Waals surface area (Å²) in [6, 6.07) is 0. The molecule has 0 N–H and O–H groups in total. The first-order valence-corrected chi connectivity index (χ1v) is 6.69. The highest BCUT2D eigenvalue weighted by molar-refractivity contribution is 7.11. The summed E-state index contributed by atoms with van der Waals surface area (Å²) < 4.78 is 0. The molecule has 0 spiro atoms. The van der Waals surface area contributed by atoms with Crippen molar-refractivity contribution in [3.8, 4) is 0 Å². The minimum Gasteiger partial charge on any atom is -0.299 e. The summed E-state index contributed by atoms with van der Waals surface area (Å²) in [7, 11) is 0. The molecular weight excluding hydrogens is 220 g/mol. The van der Waals surface area contributed by atoms with Gasteiger partial charge in [0.05, 0.1) is 6.54 Å². The fourth-order valence-corrected chi connectivity index (χ4v) is 2.92. The second-order valence-corrected chi connectivity index (χ2v) is 5.63. The molecule has 2 rings (SSSR count). The first kappa shape index (κ1) is 11.7. The molecular formula is C12H18N2OS. The van der Waals surface area contributed by atoms with Crippen LogP contribution in [0.25, 0.3) is 0 Å². The maximum atomic E-state index is 11.4. The Balaban J connectivity index is 1.92. The highest BCUT2D eigenvalue weighted by Crippen LogP contribution is 2.19. The topological polar surface area (TPSA) is 33.2 Å². The van der Waals surface area contributed by atoms with E-state index in [9.17, 15) is 4.79 Å². The van der Waals surface area contributed by atoms with Crippen LogP contribution < -0.4 is 0 Å². The average molecular weight is 238 g/mol. The summed E-state index contributed by atoms with van der Waals surface area (Å²) >= 11 is 1.79. The summed E-state index contributed by atoms with van der Waals surface area (Å²) in [5, 5.41) is 1.18. The monoisotopic (exact) mass is 238 g/mol. The Morgan fingerprint density at radius 2 is 2.44 bits per heavy atom. The van der Waals surface area contributed by atoms with E-state index in [2.05, 4.69) is 16.8 Å². The maximum Gasteiger partial charge on any atom is 0.138 e. The van der Waals surface area contributed by atoms with E-state index >= 15 is 0 Å². The van der Waals surface area contributed by atoms with Gasteiger partial charge in [0.1, 0.15) is 10.8 Å². The van der Waals surface area contributed by atoms with Crippen molar-refractivity contribution in [2.45, 2.75) is 33.2 Å². The molecule has 0 aromatic carbocycles. The van der Waals surface area contributed by atoms with E-state index in [4.69, 9.17) is 0 Å². The van der Waals surface area contributed by atoms with Gasteiger partial charge in [-0.05, 0) is 6.42 Å². The lowest BCUT2D eigenvalue weighted by atomic mass is 9.99. The molecule has 3 nitrogen and oxygen atoms in total. The number of aryl methyl sites for hydroxylation is 1. The van der Waals surface area contributed by atoms with Crippen molar-refractivity contribution in [3.05, 3.63) is 16.1 Å². The van der Waals surface area contributed by atoms with Gasteiger partial charge in [0.2, 0.25) is 0 Å². The van der Waals surface area contributed by atoms with Crippen LogP contribution in [0.15, 0.2) is 6.20 Å². The number of thiazole rings is 1. The Kier molecular flexibility index (Phi) is 3.71. The molecule has 1 atom stereocenters. The van der Waals surface area contributed by atoms with Gasteiger partial charge < -0.3 is 0 Å². The predicted molar refractivity (Wildman–Crippen MR) is 65.6 cm³/mol. The smallest absolute Gasteiger partial charge is 0.138 e. The van der Waals surface area contributed by atoms with Crippen LogP contribution >= 0.6 is 11.3 Å². The molecule has 0 bridgehead atoms. The Hall–Kier alpha value is -0.740. The molecule has 88 valence electrons. The Morgan fingerprint density at radius 3 is 3.06 bits per heavy atom. The minimum atomic E-state index is 0.194. The number of aromatic nitrogens is 1. The van der Waals surface area contributed by atoms with Gasteiger partial charge in [0.25, 0.3) is 0 Å². The van der Waals surface area contributed by atoms with Crippen molar-refractivity contribution in [1.29, 1.82) is 0 Å². The maximum absolute atomic E-state index is 11.4. The molecule has 1 fully saturated rings. The molecule has 1 unspecified atom stereocenters. The van der Waals surface area contributed by atoms with Gasteiger partial charge in [-0.3, -0.25) is 9.69 Å². The van der Waals surface area contributed by atoms with E-state index in [1.165, 1.54) is 9.88 Å². The van der Waals surface area contributed by atoms with Crippen LogP contribution in [0, 0.1) is 5.92 Å². The highest BCUT2D eigenvalue weighted by Gasteiger charge is 2.23. The fraction of sp³-hybridized carbons (Fsp3) is 0.667. The molecule has 0 aliphatic carbocycles. The van der Waals surface area contributed by atoms with Crippen LogP contribution in [0.1, 0.15) is 30.2 Å². The number of Topliss-reactive ketones (excluding diaryl/α,β-unsaturated/α-hetero) is 1. The minimum absolute atomic E-state index is 0.194. The van der Waals surface area contributed by atoms with Crippen molar-refractivity contribution in [2.24, 2.45) is 5.92 Å². The van der Waals surface area contributed by atoms with E-state index in [0.717, 1.165) is 26.1 Å². The number of rotatable bonds is 3. The molecule has 1 aromatic heterocycles. The summed E-state index contributed by atoms with van der Waals surface area (Å²) in [6.07, 6.45) is 3.73. The summed E-state index contributed by atoms with van der Waals surface area (Å²) in [5.41, 5.74) is 0. The summed E-state index contributed by atoms with van der Waals surface area (Å²) in [4.78, 5) is 19.5. The SMILES string of the molecule is CCc1cnc(CN2CCC(=O)C(C)C2)s1.